The van der Waals surface area contributed by atoms with Crippen LogP contribution in [0.5, 0.6) is 0 Å². The summed E-state index contributed by atoms with van der Waals surface area (Å²) in [5.41, 5.74) is 3.25. The van der Waals surface area contributed by atoms with E-state index in [1.165, 1.54) is 0 Å². The maximum atomic E-state index is 8.93. The van der Waals surface area contributed by atoms with Gasteiger partial charge < -0.3 is 5.32 Å². The zero-order valence-electron chi connectivity index (χ0n) is 9.51. The second-order valence-electron chi connectivity index (χ2n) is 3.66. The second-order valence-corrected chi connectivity index (χ2v) is 3.66. The lowest BCUT2D eigenvalue weighted by molar-refractivity contribution is 1.01. The van der Waals surface area contributed by atoms with Crippen molar-refractivity contribution in [1.29, 1.82) is 5.26 Å². The van der Waals surface area contributed by atoms with Gasteiger partial charge in [-0.15, -0.1) is 0 Å². The Kier molecular flexibility index (Phi) is 3.31. The predicted octanol–water partition coefficient (Wildman–Crippen LogP) is 2.27. The number of aromatic nitrogens is 2. The zero-order valence-corrected chi connectivity index (χ0v) is 9.51. The molecule has 0 saturated carbocycles. The van der Waals surface area contributed by atoms with Crippen molar-refractivity contribution in [3.8, 4) is 6.07 Å². The Labute approximate surface area is 100.0 Å². The van der Waals surface area contributed by atoms with Crippen LogP contribution in [0.4, 0.5) is 5.69 Å². The van der Waals surface area contributed by atoms with Gasteiger partial charge in [-0.05, 0) is 25.1 Å². The molecule has 4 nitrogen and oxygen atoms in total. The van der Waals surface area contributed by atoms with E-state index >= 15 is 0 Å². The minimum atomic E-state index is 0.585. The monoisotopic (exact) mass is 224 g/mol. The summed E-state index contributed by atoms with van der Waals surface area (Å²) in [7, 11) is 0. The summed E-state index contributed by atoms with van der Waals surface area (Å²) in [6, 6.07) is 9.67. The molecule has 0 unspecified atom stereocenters. The van der Waals surface area contributed by atoms with Gasteiger partial charge in [0.15, 0.2) is 0 Å². The number of aryl methyl sites for hydroxylation is 1. The van der Waals surface area contributed by atoms with Crippen LogP contribution in [0.25, 0.3) is 0 Å². The molecule has 0 fully saturated rings. The summed E-state index contributed by atoms with van der Waals surface area (Å²) in [5.74, 6) is 0. The van der Waals surface area contributed by atoms with Crippen LogP contribution in [0, 0.1) is 18.3 Å². The third kappa shape index (κ3) is 2.79. The van der Waals surface area contributed by atoms with Gasteiger partial charge in [0.1, 0.15) is 6.07 Å². The minimum Gasteiger partial charge on any atom is -0.377 e. The highest BCUT2D eigenvalue weighted by Gasteiger charge is 2.01. The Bertz CT molecular complexity index is 557. The molecule has 2 rings (SSSR count). The molecule has 0 atom stereocenters. The Hall–Kier alpha value is -2.41. The van der Waals surface area contributed by atoms with E-state index in [0.717, 1.165) is 17.1 Å². The Morgan fingerprint density at radius 3 is 3.00 bits per heavy atom. The summed E-state index contributed by atoms with van der Waals surface area (Å²) in [6.07, 6.45) is 3.25. The summed E-state index contributed by atoms with van der Waals surface area (Å²) in [6.45, 7) is 2.54. The number of pyridine rings is 2. The second kappa shape index (κ2) is 5.08. The molecule has 84 valence electrons. The summed E-state index contributed by atoms with van der Waals surface area (Å²) < 4.78 is 0. The molecule has 2 aromatic heterocycles. The van der Waals surface area contributed by atoms with Gasteiger partial charge in [0.25, 0.3) is 0 Å². The van der Waals surface area contributed by atoms with Crippen LogP contribution < -0.4 is 5.32 Å². The molecule has 4 heteroatoms. The normalized spacial score (nSPS) is 9.65. The maximum Gasteiger partial charge on any atom is 0.101 e. The van der Waals surface area contributed by atoms with Crippen molar-refractivity contribution in [3.63, 3.8) is 0 Å². The minimum absolute atomic E-state index is 0.585. The molecule has 0 aliphatic heterocycles. The van der Waals surface area contributed by atoms with E-state index in [1.54, 1.807) is 18.5 Å². The highest BCUT2D eigenvalue weighted by Crippen LogP contribution is 2.12. The lowest BCUT2D eigenvalue weighted by Gasteiger charge is -2.07. The van der Waals surface area contributed by atoms with E-state index in [1.807, 2.05) is 25.1 Å². The van der Waals surface area contributed by atoms with E-state index in [-0.39, 0.29) is 0 Å². The van der Waals surface area contributed by atoms with Crippen LogP contribution in [0.2, 0.25) is 0 Å². The van der Waals surface area contributed by atoms with Crippen molar-refractivity contribution in [2.45, 2.75) is 13.5 Å². The fourth-order valence-electron chi connectivity index (χ4n) is 1.52. The number of nitriles is 1. The number of nitrogens with one attached hydrogen (secondary N) is 1. The molecule has 0 spiro atoms. The highest BCUT2D eigenvalue weighted by atomic mass is 14.9. The SMILES string of the molecule is Cc1cccc(CNc2cnccc2C#N)n1. The third-order valence-corrected chi connectivity index (χ3v) is 2.35. The average molecular weight is 224 g/mol. The van der Waals surface area contributed by atoms with Gasteiger partial charge in [-0.1, -0.05) is 6.07 Å². The molecule has 2 aromatic rings. The molecule has 2 heterocycles. The van der Waals surface area contributed by atoms with Crippen LogP contribution in [-0.4, -0.2) is 9.97 Å². The van der Waals surface area contributed by atoms with E-state index in [0.29, 0.717) is 12.1 Å². The largest absolute Gasteiger partial charge is 0.377 e. The van der Waals surface area contributed by atoms with Gasteiger partial charge in [0, 0.05) is 11.9 Å². The van der Waals surface area contributed by atoms with Gasteiger partial charge in [-0.25, -0.2) is 0 Å². The highest BCUT2D eigenvalue weighted by molar-refractivity contribution is 5.55. The zero-order chi connectivity index (χ0) is 12.1. The first-order valence-corrected chi connectivity index (χ1v) is 5.30. The topological polar surface area (TPSA) is 61.6 Å². The van der Waals surface area contributed by atoms with Crippen molar-refractivity contribution in [2.24, 2.45) is 0 Å². The van der Waals surface area contributed by atoms with E-state index in [2.05, 4.69) is 21.4 Å². The van der Waals surface area contributed by atoms with E-state index in [4.69, 9.17) is 5.26 Å². The molecule has 0 radical (unpaired) electrons. The van der Waals surface area contributed by atoms with Crippen molar-refractivity contribution in [2.75, 3.05) is 5.32 Å². The molecule has 0 saturated heterocycles. The Morgan fingerprint density at radius 2 is 2.24 bits per heavy atom. The number of anilines is 1. The standard InChI is InChI=1S/C13H12N4/c1-10-3-2-4-12(17-10)8-16-13-9-15-6-5-11(13)7-14/h2-6,9,16H,8H2,1H3. The Morgan fingerprint density at radius 1 is 1.35 bits per heavy atom. The van der Waals surface area contributed by atoms with Crippen molar-refractivity contribution in [3.05, 3.63) is 53.6 Å². The van der Waals surface area contributed by atoms with Crippen LogP contribution in [0.3, 0.4) is 0 Å². The first-order valence-electron chi connectivity index (χ1n) is 5.30. The molecule has 0 aromatic carbocycles. The summed E-state index contributed by atoms with van der Waals surface area (Å²) >= 11 is 0. The molecule has 0 aliphatic rings. The maximum absolute atomic E-state index is 8.93. The predicted molar refractivity (Wildman–Crippen MR) is 65.3 cm³/mol. The van der Waals surface area contributed by atoms with Gasteiger partial charge in [0.2, 0.25) is 0 Å². The van der Waals surface area contributed by atoms with Gasteiger partial charge >= 0.3 is 0 Å². The molecule has 1 N–H and O–H groups in total. The molecular formula is C13H12N4. The van der Waals surface area contributed by atoms with Crippen LogP contribution in [0.1, 0.15) is 17.0 Å². The smallest absolute Gasteiger partial charge is 0.101 e. The number of nitrogens with zero attached hydrogens (tertiary/aromatic N) is 3. The quantitative estimate of drug-likeness (QED) is 0.868. The lowest BCUT2D eigenvalue weighted by Crippen LogP contribution is -2.03. The first kappa shape index (κ1) is 11.1. The summed E-state index contributed by atoms with van der Waals surface area (Å²) in [4.78, 5) is 8.37. The number of hydrogen-bond acceptors (Lipinski definition) is 4. The fraction of sp³-hybridized carbons (Fsp3) is 0.154. The number of hydrogen-bond donors (Lipinski definition) is 1. The van der Waals surface area contributed by atoms with Gasteiger partial charge in [0.05, 0.1) is 29.7 Å². The first-order chi connectivity index (χ1) is 8.29. The van der Waals surface area contributed by atoms with E-state index < -0.39 is 0 Å². The van der Waals surface area contributed by atoms with Crippen molar-refractivity contribution >= 4 is 5.69 Å². The molecule has 17 heavy (non-hydrogen) atoms. The number of rotatable bonds is 3. The fourth-order valence-corrected chi connectivity index (χ4v) is 1.52. The van der Waals surface area contributed by atoms with Gasteiger partial charge in [-0.3, -0.25) is 9.97 Å². The molecule has 0 bridgehead atoms. The van der Waals surface area contributed by atoms with Crippen LogP contribution in [-0.2, 0) is 6.54 Å². The molecule has 0 aliphatic carbocycles. The Balaban J connectivity index is 2.10. The van der Waals surface area contributed by atoms with Crippen molar-refractivity contribution < 1.29 is 0 Å². The van der Waals surface area contributed by atoms with Gasteiger partial charge in [-0.2, -0.15) is 5.26 Å². The van der Waals surface area contributed by atoms with Crippen molar-refractivity contribution in [1.82, 2.24) is 9.97 Å². The lowest BCUT2D eigenvalue weighted by atomic mass is 10.2. The summed E-state index contributed by atoms with van der Waals surface area (Å²) in [5, 5.41) is 12.1. The molecular weight excluding hydrogens is 212 g/mol. The van der Waals surface area contributed by atoms with Crippen LogP contribution >= 0.6 is 0 Å². The third-order valence-electron chi connectivity index (χ3n) is 2.35. The van der Waals surface area contributed by atoms with Crippen LogP contribution in [0.15, 0.2) is 36.7 Å². The van der Waals surface area contributed by atoms with E-state index in [9.17, 15) is 0 Å². The molecule has 0 amide bonds. The average Bonchev–Trinajstić information content (AvgIpc) is 2.37.